The van der Waals surface area contributed by atoms with Crippen molar-refractivity contribution in [3.63, 3.8) is 0 Å². The minimum atomic E-state index is 0. The van der Waals surface area contributed by atoms with Crippen LogP contribution in [0.2, 0.25) is 0 Å². The van der Waals surface area contributed by atoms with Crippen LogP contribution in [-0.2, 0) is 24.9 Å². The van der Waals surface area contributed by atoms with Crippen LogP contribution in [0.3, 0.4) is 0 Å². The van der Waals surface area contributed by atoms with Crippen molar-refractivity contribution < 1.29 is 34.4 Å². The molecule has 0 fully saturated rings. The Morgan fingerprint density at radius 3 is 1.92 bits per heavy atom. The van der Waals surface area contributed by atoms with E-state index in [9.17, 15) is 9.90 Å². The van der Waals surface area contributed by atoms with Crippen LogP contribution in [0.25, 0.3) is 50.2 Å². The minimum absolute atomic E-state index is 0. The van der Waals surface area contributed by atoms with Crippen molar-refractivity contribution in [2.75, 3.05) is 0 Å². The van der Waals surface area contributed by atoms with Crippen LogP contribution in [0.15, 0.2) is 107 Å². The van der Waals surface area contributed by atoms with Gasteiger partial charge < -0.3 is 14.1 Å². The minimum Gasteiger partial charge on any atom is -0.557 e. The molecule has 0 saturated carbocycles. The van der Waals surface area contributed by atoms with E-state index in [4.69, 9.17) is 9.40 Å². The van der Waals surface area contributed by atoms with E-state index in [2.05, 4.69) is 105 Å². The van der Waals surface area contributed by atoms with Crippen molar-refractivity contribution in [3.8, 4) is 28.2 Å². The number of hydrogen-bond acceptors (Lipinski definition) is 4. The third-order valence-electron chi connectivity index (χ3n) is 10.0. The Kier molecular flexibility index (Phi) is 14.4. The van der Waals surface area contributed by atoms with Gasteiger partial charge in [0.2, 0.25) is 0 Å². The number of carbonyl (C=O) groups is 1. The molecule has 0 saturated heterocycles. The normalized spacial score (nSPS) is 11.8. The molecule has 0 aliphatic carbocycles. The van der Waals surface area contributed by atoms with Gasteiger partial charge in [-0.3, -0.25) is 9.78 Å². The zero-order valence-corrected chi connectivity index (χ0v) is 34.3. The number of allylic oxidation sites excluding steroid dienone is 2. The molecule has 52 heavy (non-hydrogen) atoms. The number of hydrogen-bond donors (Lipinski definition) is 1. The predicted octanol–water partition coefficient (Wildman–Crippen LogP) is 13.0. The predicted molar refractivity (Wildman–Crippen MR) is 213 cm³/mol. The molecule has 0 aliphatic heterocycles. The Morgan fingerprint density at radius 2 is 1.33 bits per heavy atom. The van der Waals surface area contributed by atoms with Gasteiger partial charge in [-0.1, -0.05) is 127 Å². The number of nitrogens with zero attached hydrogens (tertiary/aromatic N) is 2. The van der Waals surface area contributed by atoms with Gasteiger partial charge in [-0.05, 0) is 84.0 Å². The van der Waals surface area contributed by atoms with E-state index >= 15 is 0 Å². The van der Waals surface area contributed by atoms with Crippen LogP contribution in [-0.4, -0.2) is 20.4 Å². The summed E-state index contributed by atoms with van der Waals surface area (Å²) in [5, 5.41) is 10.8. The largest absolute Gasteiger partial charge is 0.557 e. The molecule has 2 heterocycles. The van der Waals surface area contributed by atoms with E-state index in [1.807, 2.05) is 52.0 Å². The van der Waals surface area contributed by atoms with Crippen LogP contribution in [0.1, 0.15) is 104 Å². The van der Waals surface area contributed by atoms with Gasteiger partial charge in [0.05, 0.1) is 22.6 Å². The van der Waals surface area contributed by atoms with Crippen molar-refractivity contribution in [2.24, 2.45) is 11.8 Å². The average molecular weight is 874 g/mol. The van der Waals surface area contributed by atoms with E-state index in [0.717, 1.165) is 59.1 Å². The SMILES string of the molecule is CC(C)c1cc(-c2ccccc2)cc(C(C)C)c1-n1c(-c2[c-]oc3ccccc23)nc2ccccc21.CCC(CC)C(=O)/C=C(\O)C(CC)CC.[Ir]. The molecule has 2 aromatic heterocycles. The molecule has 6 rings (SSSR count). The summed E-state index contributed by atoms with van der Waals surface area (Å²) in [5.74, 6) is 2.05. The summed E-state index contributed by atoms with van der Waals surface area (Å²) in [6.45, 7) is 17.2. The van der Waals surface area contributed by atoms with Crippen LogP contribution in [0.4, 0.5) is 0 Å². The third kappa shape index (κ3) is 8.68. The summed E-state index contributed by atoms with van der Waals surface area (Å²) >= 11 is 0. The Bertz CT molecular complexity index is 2070. The fourth-order valence-electron chi connectivity index (χ4n) is 6.90. The van der Waals surface area contributed by atoms with Crippen molar-refractivity contribution in [2.45, 2.75) is 92.9 Å². The molecule has 1 N–H and O–H groups in total. The summed E-state index contributed by atoms with van der Waals surface area (Å²) < 4.78 is 8.18. The summed E-state index contributed by atoms with van der Waals surface area (Å²) in [6, 6.07) is 31.8. The summed E-state index contributed by atoms with van der Waals surface area (Å²) in [4.78, 5) is 16.9. The number of aliphatic hydroxyl groups is 1. The first-order chi connectivity index (χ1) is 24.6. The smallest absolute Gasteiger partial charge is 0.162 e. The number of fused-ring (bicyclic) bond motifs is 2. The van der Waals surface area contributed by atoms with Crippen LogP contribution >= 0.6 is 0 Å². The molecule has 0 spiro atoms. The number of ketones is 1. The number of aromatic nitrogens is 2. The van der Waals surface area contributed by atoms with Gasteiger partial charge in [0.25, 0.3) is 0 Å². The van der Waals surface area contributed by atoms with Crippen LogP contribution in [0.5, 0.6) is 0 Å². The number of para-hydroxylation sites is 3. The van der Waals surface area contributed by atoms with E-state index in [1.54, 1.807) is 0 Å². The van der Waals surface area contributed by atoms with Crippen molar-refractivity contribution in [1.82, 2.24) is 9.55 Å². The number of rotatable bonds is 12. The van der Waals surface area contributed by atoms with E-state index < -0.39 is 0 Å². The zero-order chi connectivity index (χ0) is 36.7. The van der Waals surface area contributed by atoms with Crippen molar-refractivity contribution in [3.05, 3.63) is 120 Å². The molecule has 0 bridgehead atoms. The van der Waals surface area contributed by atoms with Crippen LogP contribution < -0.4 is 0 Å². The molecule has 5 nitrogen and oxygen atoms in total. The maximum atomic E-state index is 11.7. The zero-order valence-electron chi connectivity index (χ0n) is 31.9. The molecule has 6 aromatic rings. The van der Waals surface area contributed by atoms with Gasteiger partial charge in [-0.25, -0.2) is 0 Å². The molecular formula is C46H53IrN2O3-. The second-order valence-electron chi connectivity index (χ2n) is 14.0. The summed E-state index contributed by atoms with van der Waals surface area (Å²) in [7, 11) is 0. The third-order valence-corrected chi connectivity index (χ3v) is 10.0. The van der Waals surface area contributed by atoms with Gasteiger partial charge in [0.15, 0.2) is 5.78 Å². The molecular weight excluding hydrogens is 821 g/mol. The van der Waals surface area contributed by atoms with Gasteiger partial charge >= 0.3 is 0 Å². The fraction of sp³-hybridized carbons (Fsp3) is 0.348. The quantitative estimate of drug-likeness (QED) is 0.0755. The molecule has 0 amide bonds. The van der Waals surface area contributed by atoms with Crippen molar-refractivity contribution in [1.29, 1.82) is 0 Å². The number of carbonyl (C=O) groups excluding carboxylic acids is 1. The Hall–Kier alpha value is -4.25. The Morgan fingerprint density at radius 1 is 0.769 bits per heavy atom. The van der Waals surface area contributed by atoms with E-state index in [1.165, 1.54) is 34.0 Å². The van der Waals surface area contributed by atoms with E-state index in [-0.39, 0.29) is 43.5 Å². The number of benzene rings is 4. The molecule has 6 heteroatoms. The standard InChI is InChI=1S/C33H29N2O.C13H24O2.Ir/c1-21(2)26-18-24(23-12-6-5-7-13-23)19-27(22(3)4)32(26)35-30-16-10-9-15-29(30)34-33(35)28-20-36-31-17-11-8-14-25(28)31;1-5-10(6-2)12(14)9-13(15)11(7-3)8-4;/h5-19,21-22H,1-4H3;9-11,14H,5-8H2,1-4H3;/q-1;;/b;12-9-;. The number of aliphatic hydroxyl groups excluding tert-OH is 1. The second-order valence-corrected chi connectivity index (χ2v) is 14.0. The first-order valence-corrected chi connectivity index (χ1v) is 18.7. The van der Waals surface area contributed by atoms with Gasteiger partial charge in [0.1, 0.15) is 0 Å². The fourth-order valence-corrected chi connectivity index (χ4v) is 6.90. The summed E-state index contributed by atoms with van der Waals surface area (Å²) in [5.41, 5.74) is 10.1. The topological polar surface area (TPSA) is 68.3 Å². The number of furan rings is 1. The van der Waals surface area contributed by atoms with Gasteiger partial charge in [0, 0.05) is 55.6 Å². The summed E-state index contributed by atoms with van der Waals surface area (Å²) in [6.07, 6.45) is 8.08. The van der Waals surface area contributed by atoms with Crippen molar-refractivity contribution >= 4 is 27.8 Å². The van der Waals surface area contributed by atoms with E-state index in [0.29, 0.717) is 11.8 Å². The average Bonchev–Trinajstić information content (AvgIpc) is 3.74. The monoisotopic (exact) mass is 874 g/mol. The number of imidazole rings is 1. The molecule has 0 unspecified atom stereocenters. The molecule has 275 valence electrons. The maximum absolute atomic E-state index is 11.7. The first-order valence-electron chi connectivity index (χ1n) is 18.7. The maximum Gasteiger partial charge on any atom is 0.162 e. The molecule has 0 aliphatic rings. The molecule has 1 radical (unpaired) electrons. The Balaban J connectivity index is 0.000000323. The Labute approximate surface area is 323 Å². The van der Waals surface area contributed by atoms with Gasteiger partial charge in [-0.15, -0.1) is 6.07 Å². The van der Waals surface area contributed by atoms with Crippen LogP contribution in [0, 0.1) is 18.1 Å². The molecule has 4 aromatic carbocycles. The first kappa shape index (κ1) is 40.5. The van der Waals surface area contributed by atoms with Gasteiger partial charge in [-0.2, -0.15) is 0 Å². The molecule has 0 atom stereocenters. The second kappa shape index (κ2) is 18.5.